The Morgan fingerprint density at radius 2 is 2.23 bits per heavy atom. The summed E-state index contributed by atoms with van der Waals surface area (Å²) in [6, 6.07) is 0. The molecule has 2 N–H and O–H groups in total. The molecule has 1 saturated heterocycles. The average Bonchev–Trinajstić information content (AvgIpc) is 2.19. The maximum absolute atomic E-state index is 11.0. The Morgan fingerprint density at radius 3 is 2.69 bits per heavy atom. The van der Waals surface area contributed by atoms with Crippen LogP contribution in [0.15, 0.2) is 0 Å². The SMILES string of the molecule is COC(=O)NC1(CO)CCOCC1. The lowest BCUT2D eigenvalue weighted by Gasteiger charge is -2.35. The fourth-order valence-electron chi connectivity index (χ4n) is 1.35. The maximum atomic E-state index is 11.0. The third-order valence-corrected chi connectivity index (χ3v) is 2.31. The zero-order valence-electron chi connectivity index (χ0n) is 7.71. The van der Waals surface area contributed by atoms with Crippen LogP contribution in [-0.2, 0) is 9.47 Å². The molecule has 1 fully saturated rings. The summed E-state index contributed by atoms with van der Waals surface area (Å²) in [6.45, 7) is 1.04. The first kappa shape index (κ1) is 10.3. The smallest absolute Gasteiger partial charge is 0.407 e. The Bertz CT molecular complexity index is 177. The van der Waals surface area contributed by atoms with Gasteiger partial charge in [0.1, 0.15) is 0 Å². The van der Waals surface area contributed by atoms with Crippen molar-refractivity contribution in [2.75, 3.05) is 26.9 Å². The standard InChI is InChI=1S/C8H15NO4/c1-12-7(11)9-8(6-10)2-4-13-5-3-8/h10H,2-6H2,1H3,(H,9,11). The van der Waals surface area contributed by atoms with Gasteiger partial charge >= 0.3 is 6.09 Å². The first-order valence-electron chi connectivity index (χ1n) is 4.27. The van der Waals surface area contributed by atoms with Gasteiger partial charge in [0.05, 0.1) is 19.3 Å². The van der Waals surface area contributed by atoms with E-state index in [1.165, 1.54) is 7.11 Å². The normalized spacial score (nSPS) is 20.8. The van der Waals surface area contributed by atoms with E-state index in [1.807, 2.05) is 0 Å². The first-order chi connectivity index (χ1) is 6.22. The molecule has 0 unspecified atom stereocenters. The highest BCUT2D eigenvalue weighted by molar-refractivity contribution is 5.68. The monoisotopic (exact) mass is 189 g/mol. The van der Waals surface area contributed by atoms with Crippen molar-refractivity contribution in [1.82, 2.24) is 5.32 Å². The van der Waals surface area contributed by atoms with Crippen molar-refractivity contribution in [2.45, 2.75) is 18.4 Å². The first-order valence-corrected chi connectivity index (χ1v) is 4.27. The van der Waals surface area contributed by atoms with Gasteiger partial charge in [-0.1, -0.05) is 0 Å². The number of amides is 1. The quantitative estimate of drug-likeness (QED) is 0.635. The molecule has 0 aliphatic carbocycles. The maximum Gasteiger partial charge on any atom is 0.407 e. The second-order valence-electron chi connectivity index (χ2n) is 3.17. The van der Waals surface area contributed by atoms with Crippen molar-refractivity contribution in [3.05, 3.63) is 0 Å². The Hall–Kier alpha value is -0.810. The minimum atomic E-state index is -0.550. The lowest BCUT2D eigenvalue weighted by atomic mass is 9.91. The fraction of sp³-hybridized carbons (Fsp3) is 0.875. The predicted octanol–water partition coefficient (Wildman–Crippen LogP) is -0.116. The van der Waals surface area contributed by atoms with Crippen LogP contribution in [0.4, 0.5) is 4.79 Å². The van der Waals surface area contributed by atoms with Crippen LogP contribution < -0.4 is 5.32 Å². The molecule has 5 nitrogen and oxygen atoms in total. The van der Waals surface area contributed by atoms with Crippen LogP contribution in [0.3, 0.4) is 0 Å². The van der Waals surface area contributed by atoms with Gasteiger partial charge in [-0.25, -0.2) is 4.79 Å². The van der Waals surface area contributed by atoms with Crippen molar-refractivity contribution in [3.8, 4) is 0 Å². The number of ether oxygens (including phenoxy) is 2. The second-order valence-corrected chi connectivity index (χ2v) is 3.17. The van der Waals surface area contributed by atoms with E-state index >= 15 is 0 Å². The van der Waals surface area contributed by atoms with Crippen molar-refractivity contribution in [2.24, 2.45) is 0 Å². The number of hydrogen-bond acceptors (Lipinski definition) is 4. The zero-order valence-corrected chi connectivity index (χ0v) is 7.71. The van der Waals surface area contributed by atoms with Gasteiger partial charge in [-0.05, 0) is 12.8 Å². The molecule has 0 radical (unpaired) electrons. The Kier molecular flexibility index (Phi) is 3.50. The minimum absolute atomic E-state index is 0.0779. The highest BCUT2D eigenvalue weighted by Gasteiger charge is 2.33. The van der Waals surface area contributed by atoms with Crippen molar-refractivity contribution in [1.29, 1.82) is 0 Å². The third kappa shape index (κ3) is 2.57. The van der Waals surface area contributed by atoms with Gasteiger partial charge in [-0.3, -0.25) is 0 Å². The Labute approximate surface area is 77.0 Å². The van der Waals surface area contributed by atoms with E-state index < -0.39 is 11.6 Å². The molecular formula is C8H15NO4. The summed E-state index contributed by atoms with van der Waals surface area (Å²) >= 11 is 0. The van der Waals surface area contributed by atoms with E-state index in [1.54, 1.807) is 0 Å². The van der Waals surface area contributed by atoms with Gasteiger partial charge in [-0.2, -0.15) is 0 Å². The number of methoxy groups -OCH3 is 1. The van der Waals surface area contributed by atoms with Crippen LogP contribution in [0.1, 0.15) is 12.8 Å². The molecule has 1 aliphatic rings. The number of carbonyl (C=O) groups excluding carboxylic acids is 1. The predicted molar refractivity (Wildman–Crippen MR) is 45.4 cm³/mol. The molecule has 76 valence electrons. The zero-order chi connectivity index (χ0) is 9.73. The molecule has 0 aromatic carbocycles. The average molecular weight is 189 g/mol. The van der Waals surface area contributed by atoms with Crippen LogP contribution in [-0.4, -0.2) is 43.7 Å². The highest BCUT2D eigenvalue weighted by Crippen LogP contribution is 2.19. The number of hydrogen-bond donors (Lipinski definition) is 2. The van der Waals surface area contributed by atoms with E-state index in [4.69, 9.17) is 9.84 Å². The summed E-state index contributed by atoms with van der Waals surface area (Å²) in [5.41, 5.74) is -0.550. The molecule has 1 aliphatic heterocycles. The molecule has 0 bridgehead atoms. The van der Waals surface area contributed by atoms with Gasteiger partial charge in [-0.15, -0.1) is 0 Å². The molecular weight excluding hydrogens is 174 g/mol. The number of carbonyl (C=O) groups is 1. The Balaban J connectivity index is 2.52. The van der Waals surface area contributed by atoms with Gasteiger partial charge in [0.25, 0.3) is 0 Å². The summed E-state index contributed by atoms with van der Waals surface area (Å²) in [5.74, 6) is 0. The topological polar surface area (TPSA) is 67.8 Å². The molecule has 0 aromatic heterocycles. The van der Waals surface area contributed by atoms with Crippen molar-refractivity contribution < 1.29 is 19.4 Å². The van der Waals surface area contributed by atoms with Crippen molar-refractivity contribution >= 4 is 6.09 Å². The highest BCUT2D eigenvalue weighted by atomic mass is 16.5. The molecule has 0 spiro atoms. The minimum Gasteiger partial charge on any atom is -0.453 e. The van der Waals surface area contributed by atoms with Crippen LogP contribution in [0.2, 0.25) is 0 Å². The number of aliphatic hydroxyl groups is 1. The number of alkyl carbamates (subject to hydrolysis) is 1. The molecule has 13 heavy (non-hydrogen) atoms. The molecule has 1 amide bonds. The number of rotatable bonds is 2. The summed E-state index contributed by atoms with van der Waals surface area (Å²) in [4.78, 5) is 11.0. The summed E-state index contributed by atoms with van der Waals surface area (Å²) in [5, 5.41) is 11.8. The number of aliphatic hydroxyl groups excluding tert-OH is 1. The lowest BCUT2D eigenvalue weighted by molar-refractivity contribution is 0.0123. The molecule has 0 aromatic rings. The van der Waals surface area contributed by atoms with Crippen LogP contribution in [0.5, 0.6) is 0 Å². The van der Waals surface area contributed by atoms with Crippen LogP contribution >= 0.6 is 0 Å². The van der Waals surface area contributed by atoms with E-state index in [2.05, 4.69) is 10.1 Å². The van der Waals surface area contributed by atoms with Crippen LogP contribution in [0.25, 0.3) is 0 Å². The van der Waals surface area contributed by atoms with Crippen molar-refractivity contribution in [3.63, 3.8) is 0 Å². The molecule has 1 heterocycles. The molecule has 5 heteroatoms. The van der Waals surface area contributed by atoms with E-state index in [0.717, 1.165) is 0 Å². The third-order valence-electron chi connectivity index (χ3n) is 2.31. The lowest BCUT2D eigenvalue weighted by Crippen LogP contribution is -2.54. The van der Waals surface area contributed by atoms with Gasteiger partial charge in [0.2, 0.25) is 0 Å². The molecule has 0 atom stereocenters. The second kappa shape index (κ2) is 4.43. The van der Waals surface area contributed by atoms with E-state index in [-0.39, 0.29) is 6.61 Å². The van der Waals surface area contributed by atoms with E-state index in [9.17, 15) is 4.79 Å². The number of nitrogens with one attached hydrogen (secondary N) is 1. The molecule has 1 rings (SSSR count). The summed E-state index contributed by atoms with van der Waals surface area (Å²) in [7, 11) is 1.31. The van der Waals surface area contributed by atoms with Gasteiger partial charge < -0.3 is 19.9 Å². The van der Waals surface area contributed by atoms with Gasteiger partial charge in [0, 0.05) is 13.2 Å². The fourth-order valence-corrected chi connectivity index (χ4v) is 1.35. The molecule has 0 saturated carbocycles. The van der Waals surface area contributed by atoms with E-state index in [0.29, 0.717) is 26.1 Å². The largest absolute Gasteiger partial charge is 0.453 e. The Morgan fingerprint density at radius 1 is 1.62 bits per heavy atom. The summed E-state index contributed by atoms with van der Waals surface area (Å²) in [6.07, 6.45) is 0.743. The summed E-state index contributed by atoms with van der Waals surface area (Å²) < 4.78 is 9.62. The van der Waals surface area contributed by atoms with Crippen LogP contribution in [0, 0.1) is 0 Å². The van der Waals surface area contributed by atoms with Gasteiger partial charge in [0.15, 0.2) is 0 Å².